The lowest BCUT2D eigenvalue weighted by molar-refractivity contribution is 0.0687. The van der Waals surface area contributed by atoms with Gasteiger partial charge < -0.3 is 10.0 Å². The number of likely N-dealkylation sites (tertiary alicyclic amines) is 1. The van der Waals surface area contributed by atoms with Crippen LogP contribution in [0.4, 0.5) is 0 Å². The van der Waals surface area contributed by atoms with Gasteiger partial charge in [-0.2, -0.15) is 0 Å². The Balaban J connectivity index is 2.18. The van der Waals surface area contributed by atoms with Crippen molar-refractivity contribution in [2.75, 3.05) is 13.1 Å². The largest absolute Gasteiger partial charge is 0.477 e. The fourth-order valence-corrected chi connectivity index (χ4v) is 1.82. The summed E-state index contributed by atoms with van der Waals surface area (Å²) in [6, 6.07) is 1.27. The summed E-state index contributed by atoms with van der Waals surface area (Å²) < 4.78 is 0. The average Bonchev–Trinajstić information content (AvgIpc) is 2.39. The van der Waals surface area contributed by atoms with Gasteiger partial charge >= 0.3 is 5.97 Å². The molecule has 1 saturated heterocycles. The highest BCUT2D eigenvalue weighted by atomic mass is 16.4. The average molecular weight is 235 g/mol. The third-order valence-electron chi connectivity index (χ3n) is 2.71. The van der Waals surface area contributed by atoms with Gasteiger partial charge in [-0.3, -0.25) is 4.79 Å². The van der Waals surface area contributed by atoms with E-state index in [0.717, 1.165) is 19.3 Å². The van der Waals surface area contributed by atoms with Crippen molar-refractivity contribution in [1.29, 1.82) is 0 Å². The molecule has 1 N–H and O–H groups in total. The summed E-state index contributed by atoms with van der Waals surface area (Å²) in [7, 11) is 0. The molecule has 90 valence electrons. The number of aromatic nitrogens is 2. The minimum absolute atomic E-state index is 0.0354. The van der Waals surface area contributed by atoms with Crippen molar-refractivity contribution >= 4 is 11.9 Å². The Hall–Kier alpha value is -1.98. The van der Waals surface area contributed by atoms with Crippen LogP contribution in [-0.2, 0) is 0 Å². The normalized spacial score (nSPS) is 15.6. The summed E-state index contributed by atoms with van der Waals surface area (Å²) >= 11 is 0. The predicted molar refractivity (Wildman–Crippen MR) is 58.7 cm³/mol. The molecular weight excluding hydrogens is 222 g/mol. The van der Waals surface area contributed by atoms with E-state index in [-0.39, 0.29) is 17.4 Å². The minimum Gasteiger partial charge on any atom is -0.477 e. The van der Waals surface area contributed by atoms with Gasteiger partial charge in [-0.05, 0) is 25.3 Å². The molecule has 0 spiro atoms. The van der Waals surface area contributed by atoms with Gasteiger partial charge in [0.25, 0.3) is 5.91 Å². The minimum atomic E-state index is -1.15. The highest BCUT2D eigenvalue weighted by molar-refractivity contribution is 5.92. The van der Waals surface area contributed by atoms with E-state index in [9.17, 15) is 9.59 Å². The topological polar surface area (TPSA) is 83.4 Å². The van der Waals surface area contributed by atoms with E-state index >= 15 is 0 Å². The molecule has 6 heteroatoms. The number of piperidine rings is 1. The summed E-state index contributed by atoms with van der Waals surface area (Å²) in [4.78, 5) is 32.0. The fraction of sp³-hybridized carbons (Fsp3) is 0.455. The van der Waals surface area contributed by atoms with Crippen LogP contribution in [0.25, 0.3) is 0 Å². The first kappa shape index (κ1) is 11.5. The van der Waals surface area contributed by atoms with Gasteiger partial charge in [0, 0.05) is 19.3 Å². The number of nitrogens with zero attached hydrogens (tertiary/aromatic N) is 3. The molecule has 0 atom stereocenters. The zero-order chi connectivity index (χ0) is 12.3. The van der Waals surface area contributed by atoms with Gasteiger partial charge in [0.05, 0.1) is 0 Å². The second kappa shape index (κ2) is 4.90. The summed E-state index contributed by atoms with van der Waals surface area (Å²) in [5, 5.41) is 8.79. The van der Waals surface area contributed by atoms with Crippen molar-refractivity contribution in [2.45, 2.75) is 19.3 Å². The maximum absolute atomic E-state index is 12.0. The van der Waals surface area contributed by atoms with Gasteiger partial charge in [0.2, 0.25) is 5.82 Å². The van der Waals surface area contributed by atoms with Crippen molar-refractivity contribution in [2.24, 2.45) is 0 Å². The molecule has 17 heavy (non-hydrogen) atoms. The number of aromatic carboxylic acids is 1. The number of hydrogen-bond acceptors (Lipinski definition) is 4. The first-order valence-electron chi connectivity index (χ1n) is 5.54. The Labute approximate surface area is 98.3 Å². The van der Waals surface area contributed by atoms with Gasteiger partial charge in [-0.25, -0.2) is 14.8 Å². The zero-order valence-electron chi connectivity index (χ0n) is 9.30. The van der Waals surface area contributed by atoms with Crippen LogP contribution in [0.15, 0.2) is 12.3 Å². The van der Waals surface area contributed by atoms with E-state index in [1.807, 2.05) is 0 Å². The van der Waals surface area contributed by atoms with Crippen LogP contribution in [0.3, 0.4) is 0 Å². The molecule has 0 bridgehead atoms. The van der Waals surface area contributed by atoms with Crippen LogP contribution in [0.2, 0.25) is 0 Å². The monoisotopic (exact) mass is 235 g/mol. The van der Waals surface area contributed by atoms with Gasteiger partial charge in [-0.1, -0.05) is 0 Å². The molecule has 0 unspecified atom stereocenters. The number of rotatable bonds is 2. The second-order valence-corrected chi connectivity index (χ2v) is 3.92. The number of carbonyl (C=O) groups is 2. The SMILES string of the molecule is O=C(O)c1ccnc(C(=O)N2CCCCC2)n1. The standard InChI is InChI=1S/C11H13N3O3/c15-10(14-6-2-1-3-7-14)9-12-5-4-8(13-9)11(16)17/h4-5H,1-3,6-7H2,(H,16,17). The van der Waals surface area contributed by atoms with Crippen molar-refractivity contribution in [3.8, 4) is 0 Å². The van der Waals surface area contributed by atoms with Crippen LogP contribution < -0.4 is 0 Å². The summed E-state index contributed by atoms with van der Waals surface area (Å²) in [6.45, 7) is 1.39. The Morgan fingerprint density at radius 2 is 1.94 bits per heavy atom. The van der Waals surface area contributed by atoms with Crippen molar-refractivity contribution < 1.29 is 14.7 Å². The predicted octanol–water partition coefficient (Wildman–Crippen LogP) is 0.801. The van der Waals surface area contributed by atoms with Crippen LogP contribution >= 0.6 is 0 Å². The van der Waals surface area contributed by atoms with E-state index in [2.05, 4.69) is 9.97 Å². The Kier molecular flexibility index (Phi) is 3.32. The molecular formula is C11H13N3O3. The number of carbonyl (C=O) groups excluding carboxylic acids is 1. The molecule has 1 aromatic rings. The number of hydrogen-bond donors (Lipinski definition) is 1. The number of carboxylic acids is 1. The van der Waals surface area contributed by atoms with Crippen LogP contribution in [0, 0.1) is 0 Å². The van der Waals surface area contributed by atoms with Crippen molar-refractivity contribution in [1.82, 2.24) is 14.9 Å². The summed E-state index contributed by atoms with van der Waals surface area (Å²) in [5.41, 5.74) is -0.152. The quantitative estimate of drug-likeness (QED) is 0.819. The van der Waals surface area contributed by atoms with Gasteiger partial charge in [-0.15, -0.1) is 0 Å². The van der Waals surface area contributed by atoms with Crippen molar-refractivity contribution in [3.63, 3.8) is 0 Å². The Morgan fingerprint density at radius 1 is 1.24 bits per heavy atom. The molecule has 1 fully saturated rings. The molecule has 2 heterocycles. The first-order valence-corrected chi connectivity index (χ1v) is 5.54. The maximum Gasteiger partial charge on any atom is 0.354 e. The Bertz CT molecular complexity index is 441. The fourth-order valence-electron chi connectivity index (χ4n) is 1.82. The molecule has 0 saturated carbocycles. The second-order valence-electron chi connectivity index (χ2n) is 3.92. The molecule has 0 aromatic carbocycles. The molecule has 0 radical (unpaired) electrons. The van der Waals surface area contributed by atoms with E-state index in [1.165, 1.54) is 12.3 Å². The summed E-state index contributed by atoms with van der Waals surface area (Å²) in [6.07, 6.45) is 4.38. The molecule has 6 nitrogen and oxygen atoms in total. The maximum atomic E-state index is 12.0. The lowest BCUT2D eigenvalue weighted by Crippen LogP contribution is -2.36. The smallest absolute Gasteiger partial charge is 0.354 e. The lowest BCUT2D eigenvalue weighted by atomic mass is 10.1. The van der Waals surface area contributed by atoms with E-state index in [0.29, 0.717) is 13.1 Å². The van der Waals surface area contributed by atoms with E-state index < -0.39 is 5.97 Å². The van der Waals surface area contributed by atoms with Crippen LogP contribution in [0.5, 0.6) is 0 Å². The highest BCUT2D eigenvalue weighted by Gasteiger charge is 2.21. The zero-order valence-corrected chi connectivity index (χ0v) is 9.30. The van der Waals surface area contributed by atoms with Crippen LogP contribution in [-0.4, -0.2) is 44.9 Å². The van der Waals surface area contributed by atoms with E-state index in [4.69, 9.17) is 5.11 Å². The van der Waals surface area contributed by atoms with Gasteiger partial charge in [0.1, 0.15) is 0 Å². The van der Waals surface area contributed by atoms with Crippen LogP contribution in [0.1, 0.15) is 40.4 Å². The molecule has 2 rings (SSSR count). The molecule has 1 aromatic heterocycles. The first-order chi connectivity index (χ1) is 8.18. The number of carboxylic acid groups (broad SMARTS) is 1. The third-order valence-corrected chi connectivity index (χ3v) is 2.71. The lowest BCUT2D eigenvalue weighted by Gasteiger charge is -2.25. The highest BCUT2D eigenvalue weighted by Crippen LogP contribution is 2.11. The summed E-state index contributed by atoms with van der Waals surface area (Å²) in [5.74, 6) is -1.47. The molecule has 1 amide bonds. The van der Waals surface area contributed by atoms with E-state index in [1.54, 1.807) is 4.90 Å². The third kappa shape index (κ3) is 2.58. The van der Waals surface area contributed by atoms with Gasteiger partial charge in [0.15, 0.2) is 5.69 Å². The Morgan fingerprint density at radius 3 is 2.59 bits per heavy atom. The molecule has 1 aliphatic rings. The number of amides is 1. The molecule has 1 aliphatic heterocycles. The molecule has 0 aliphatic carbocycles. The van der Waals surface area contributed by atoms with Crippen molar-refractivity contribution in [3.05, 3.63) is 23.8 Å².